The Balaban J connectivity index is 3.31. The molecule has 1 amide bonds. The Morgan fingerprint density at radius 1 is 0.324 bits per heavy atom. The van der Waals surface area contributed by atoms with Crippen LogP contribution < -0.4 is 5.32 Å². The lowest BCUT2D eigenvalue weighted by Gasteiger charge is -2.22. The fraction of sp³-hybridized carbons (Fsp3) is 0.971. The van der Waals surface area contributed by atoms with E-state index in [0.29, 0.717) is 25.9 Å². The number of esters is 1. The highest BCUT2D eigenvalue weighted by molar-refractivity contribution is 5.76. The Labute approximate surface area is 464 Å². The first-order chi connectivity index (χ1) is 36.5. The number of ether oxygens (including phenoxy) is 1. The molecule has 6 heteroatoms. The molecule has 0 bridgehead atoms. The minimum absolute atomic E-state index is 0.0229. The summed E-state index contributed by atoms with van der Waals surface area (Å²) >= 11 is 0. The van der Waals surface area contributed by atoms with Crippen molar-refractivity contribution in [2.24, 2.45) is 0 Å². The summed E-state index contributed by atoms with van der Waals surface area (Å²) in [5.41, 5.74) is 0. The average molecular weight is 1050 g/mol. The van der Waals surface area contributed by atoms with Crippen molar-refractivity contribution in [2.45, 2.75) is 411 Å². The van der Waals surface area contributed by atoms with Gasteiger partial charge in [-0.1, -0.05) is 361 Å². The standard InChI is InChI=1S/C68H135NO5/c1-3-5-7-9-11-13-15-17-18-19-31-34-38-42-46-50-54-58-62-68(73)74-63-59-55-51-47-43-39-35-32-29-27-25-23-21-20-22-24-26-28-30-33-37-41-45-49-53-57-61-67(72)69-65(64-70)66(71)60-56-52-48-44-40-36-16-14-12-10-8-6-4-2/h65-66,70-71H,3-64H2,1-2H3,(H,69,72). The molecule has 0 fully saturated rings. The molecule has 0 aliphatic heterocycles. The molecule has 0 heterocycles. The zero-order valence-corrected chi connectivity index (χ0v) is 50.6. The first kappa shape index (κ1) is 72.9. The number of hydrogen-bond donors (Lipinski definition) is 3. The third kappa shape index (κ3) is 60.1. The summed E-state index contributed by atoms with van der Waals surface area (Å²) in [6.45, 7) is 5.00. The van der Waals surface area contributed by atoms with E-state index in [0.717, 1.165) is 38.5 Å². The van der Waals surface area contributed by atoms with Gasteiger partial charge >= 0.3 is 5.97 Å². The summed E-state index contributed by atoms with van der Waals surface area (Å²) in [5, 5.41) is 23.3. The Hall–Kier alpha value is -1.14. The third-order valence-electron chi connectivity index (χ3n) is 16.4. The van der Waals surface area contributed by atoms with Gasteiger partial charge in [-0.25, -0.2) is 0 Å². The van der Waals surface area contributed by atoms with Crippen molar-refractivity contribution in [1.29, 1.82) is 0 Å². The van der Waals surface area contributed by atoms with E-state index in [1.165, 1.54) is 327 Å². The molecule has 3 N–H and O–H groups in total. The molecule has 0 aliphatic rings. The van der Waals surface area contributed by atoms with Crippen LogP contribution >= 0.6 is 0 Å². The summed E-state index contributed by atoms with van der Waals surface area (Å²) < 4.78 is 5.51. The van der Waals surface area contributed by atoms with E-state index < -0.39 is 12.1 Å². The molecule has 6 nitrogen and oxygen atoms in total. The van der Waals surface area contributed by atoms with Crippen molar-refractivity contribution in [3.05, 3.63) is 0 Å². The van der Waals surface area contributed by atoms with Crippen molar-refractivity contribution in [3.63, 3.8) is 0 Å². The molecule has 0 aromatic rings. The van der Waals surface area contributed by atoms with E-state index in [-0.39, 0.29) is 18.5 Å². The zero-order chi connectivity index (χ0) is 53.6. The first-order valence-electron chi connectivity index (χ1n) is 34.3. The predicted octanol–water partition coefficient (Wildman–Crippen LogP) is 21.8. The van der Waals surface area contributed by atoms with Crippen molar-refractivity contribution >= 4 is 11.9 Å². The van der Waals surface area contributed by atoms with Gasteiger partial charge in [0.15, 0.2) is 0 Å². The molecule has 0 aromatic heterocycles. The molecule has 442 valence electrons. The number of aliphatic hydroxyl groups is 2. The minimum atomic E-state index is -0.661. The van der Waals surface area contributed by atoms with Crippen LogP contribution in [0, 0.1) is 0 Å². The average Bonchev–Trinajstić information content (AvgIpc) is 3.40. The second-order valence-electron chi connectivity index (χ2n) is 23.9. The van der Waals surface area contributed by atoms with E-state index in [1.807, 2.05) is 0 Å². The van der Waals surface area contributed by atoms with E-state index in [2.05, 4.69) is 19.2 Å². The predicted molar refractivity (Wildman–Crippen MR) is 324 cm³/mol. The molecule has 0 radical (unpaired) electrons. The fourth-order valence-electron chi connectivity index (χ4n) is 11.2. The number of unbranched alkanes of at least 4 members (excludes halogenated alkanes) is 54. The van der Waals surface area contributed by atoms with Gasteiger partial charge in [-0.2, -0.15) is 0 Å². The maximum absolute atomic E-state index is 12.5. The number of amides is 1. The normalized spacial score (nSPS) is 12.4. The summed E-state index contributed by atoms with van der Waals surface area (Å²) in [7, 11) is 0. The molecule has 0 rings (SSSR count). The van der Waals surface area contributed by atoms with Crippen LogP contribution in [0.25, 0.3) is 0 Å². The molecule has 74 heavy (non-hydrogen) atoms. The van der Waals surface area contributed by atoms with Gasteiger partial charge in [0.1, 0.15) is 0 Å². The lowest BCUT2D eigenvalue weighted by Crippen LogP contribution is -2.45. The third-order valence-corrected chi connectivity index (χ3v) is 16.4. The molecule has 0 aliphatic carbocycles. The largest absolute Gasteiger partial charge is 0.466 e. The summed E-state index contributed by atoms with van der Waals surface area (Å²) in [6.07, 6.45) is 77.2. The van der Waals surface area contributed by atoms with Crippen molar-refractivity contribution in [2.75, 3.05) is 13.2 Å². The van der Waals surface area contributed by atoms with Gasteiger partial charge < -0.3 is 20.3 Å². The summed E-state index contributed by atoms with van der Waals surface area (Å²) in [6, 6.07) is -0.538. The van der Waals surface area contributed by atoms with Crippen LogP contribution in [0.2, 0.25) is 0 Å². The van der Waals surface area contributed by atoms with Gasteiger partial charge in [0.25, 0.3) is 0 Å². The zero-order valence-electron chi connectivity index (χ0n) is 50.6. The van der Waals surface area contributed by atoms with Crippen LogP contribution in [0.3, 0.4) is 0 Å². The summed E-state index contributed by atoms with van der Waals surface area (Å²) in [5.74, 6) is -0.00711. The van der Waals surface area contributed by atoms with Crippen LogP contribution in [-0.4, -0.2) is 47.4 Å². The van der Waals surface area contributed by atoms with E-state index in [1.54, 1.807) is 0 Å². The van der Waals surface area contributed by atoms with Gasteiger partial charge in [0.05, 0.1) is 25.4 Å². The van der Waals surface area contributed by atoms with Crippen LogP contribution in [0.15, 0.2) is 0 Å². The van der Waals surface area contributed by atoms with Crippen molar-refractivity contribution < 1.29 is 24.5 Å². The molecule has 2 atom stereocenters. The van der Waals surface area contributed by atoms with Gasteiger partial charge in [0, 0.05) is 12.8 Å². The number of aliphatic hydroxyl groups excluding tert-OH is 2. The maximum Gasteiger partial charge on any atom is 0.305 e. The van der Waals surface area contributed by atoms with Crippen molar-refractivity contribution in [3.8, 4) is 0 Å². The molecule has 0 aromatic carbocycles. The Morgan fingerprint density at radius 2 is 0.554 bits per heavy atom. The smallest absolute Gasteiger partial charge is 0.305 e. The second-order valence-corrected chi connectivity index (χ2v) is 23.9. The van der Waals surface area contributed by atoms with Crippen LogP contribution in [0.5, 0.6) is 0 Å². The van der Waals surface area contributed by atoms with Crippen LogP contribution in [-0.2, 0) is 14.3 Å². The van der Waals surface area contributed by atoms with Crippen molar-refractivity contribution in [1.82, 2.24) is 5.32 Å². The van der Waals surface area contributed by atoms with Gasteiger partial charge in [0.2, 0.25) is 5.91 Å². The number of carbonyl (C=O) groups is 2. The fourth-order valence-corrected chi connectivity index (χ4v) is 11.2. The molecule has 0 spiro atoms. The van der Waals surface area contributed by atoms with E-state index in [9.17, 15) is 19.8 Å². The van der Waals surface area contributed by atoms with Crippen LogP contribution in [0.4, 0.5) is 0 Å². The van der Waals surface area contributed by atoms with Gasteiger partial charge in [-0.05, 0) is 25.7 Å². The molecular formula is C68H135NO5. The topological polar surface area (TPSA) is 95.9 Å². The lowest BCUT2D eigenvalue weighted by molar-refractivity contribution is -0.143. The number of nitrogens with one attached hydrogen (secondary N) is 1. The van der Waals surface area contributed by atoms with Crippen LogP contribution in [0.1, 0.15) is 399 Å². The Bertz CT molecular complexity index is 1070. The van der Waals surface area contributed by atoms with E-state index >= 15 is 0 Å². The minimum Gasteiger partial charge on any atom is -0.466 e. The van der Waals surface area contributed by atoms with E-state index in [4.69, 9.17) is 4.74 Å². The molecule has 0 saturated carbocycles. The molecular weight excluding hydrogens is 911 g/mol. The highest BCUT2D eigenvalue weighted by Crippen LogP contribution is 2.19. The number of rotatable bonds is 65. The lowest BCUT2D eigenvalue weighted by atomic mass is 10.0. The van der Waals surface area contributed by atoms with Gasteiger partial charge in [-0.15, -0.1) is 0 Å². The molecule has 2 unspecified atom stereocenters. The van der Waals surface area contributed by atoms with Gasteiger partial charge in [-0.3, -0.25) is 9.59 Å². The Morgan fingerprint density at radius 3 is 0.824 bits per heavy atom. The summed E-state index contributed by atoms with van der Waals surface area (Å²) in [4.78, 5) is 24.6. The highest BCUT2D eigenvalue weighted by Gasteiger charge is 2.20. The highest BCUT2D eigenvalue weighted by atomic mass is 16.5. The monoisotopic (exact) mass is 1050 g/mol. The quantitative estimate of drug-likeness (QED) is 0.0417. The number of carbonyl (C=O) groups excluding carboxylic acids is 2. The Kier molecular flexibility index (Phi) is 63.4. The SMILES string of the molecule is CCCCCCCCCCCCCCCCCCCCC(=O)OCCCCCCCCCCCCCCCCCCCCCCCCCCCCC(=O)NC(CO)C(O)CCCCCCCCCCCCCCC. The molecule has 0 saturated heterocycles. The maximum atomic E-state index is 12.5. The number of hydrogen-bond acceptors (Lipinski definition) is 5. The second kappa shape index (κ2) is 64.4. The first-order valence-corrected chi connectivity index (χ1v) is 34.3.